The lowest BCUT2D eigenvalue weighted by Crippen LogP contribution is -2.27. The maximum absolute atomic E-state index is 12.1. The van der Waals surface area contributed by atoms with Crippen molar-refractivity contribution in [2.24, 2.45) is 0 Å². The minimum Gasteiger partial charge on any atom is -0.383 e. The fraction of sp³-hybridized carbons (Fsp3) is 0.316. The molecule has 0 atom stereocenters. The number of hydrogen-bond acceptors (Lipinski definition) is 5. The van der Waals surface area contributed by atoms with E-state index in [1.165, 1.54) is 17.3 Å². The first-order valence-corrected chi connectivity index (χ1v) is 9.50. The van der Waals surface area contributed by atoms with Crippen molar-refractivity contribution in [3.8, 4) is 0 Å². The predicted molar refractivity (Wildman–Crippen MR) is 103 cm³/mol. The summed E-state index contributed by atoms with van der Waals surface area (Å²) < 4.78 is 7.18. The lowest BCUT2D eigenvalue weighted by molar-refractivity contribution is -0.118. The van der Waals surface area contributed by atoms with E-state index in [9.17, 15) is 4.79 Å². The van der Waals surface area contributed by atoms with Gasteiger partial charge in [0.2, 0.25) is 5.91 Å². The molecule has 0 saturated heterocycles. The topological polar surface area (TPSA) is 69.0 Å². The molecular weight excluding hydrogens is 348 g/mol. The summed E-state index contributed by atoms with van der Waals surface area (Å²) in [6.07, 6.45) is 2.57. The Bertz CT molecular complexity index is 851. The number of nitrogens with zero attached hydrogens (tertiary/aromatic N) is 3. The van der Waals surface area contributed by atoms with Crippen LogP contribution in [0.25, 0.3) is 11.2 Å². The van der Waals surface area contributed by atoms with Gasteiger partial charge in [-0.15, -0.1) is 0 Å². The van der Waals surface area contributed by atoms with Crippen molar-refractivity contribution in [2.45, 2.75) is 18.1 Å². The van der Waals surface area contributed by atoms with E-state index in [0.29, 0.717) is 25.4 Å². The van der Waals surface area contributed by atoms with Crippen molar-refractivity contribution >= 4 is 28.8 Å². The molecule has 3 rings (SSSR count). The Morgan fingerprint density at radius 1 is 1.23 bits per heavy atom. The summed E-state index contributed by atoms with van der Waals surface area (Å²) in [5, 5.41) is 3.75. The van der Waals surface area contributed by atoms with Gasteiger partial charge in [0, 0.05) is 19.9 Å². The molecule has 136 valence electrons. The smallest absolute Gasteiger partial charge is 0.230 e. The molecule has 0 saturated carbocycles. The molecule has 0 spiro atoms. The number of amides is 1. The zero-order valence-corrected chi connectivity index (χ0v) is 15.5. The zero-order chi connectivity index (χ0) is 18.2. The molecule has 0 aliphatic heterocycles. The zero-order valence-electron chi connectivity index (χ0n) is 14.7. The predicted octanol–water partition coefficient (Wildman–Crippen LogP) is 2.53. The average Bonchev–Trinajstić information content (AvgIpc) is 3.03. The summed E-state index contributed by atoms with van der Waals surface area (Å²) in [5.74, 6) is 0.328. The number of hydrogen-bond donors (Lipinski definition) is 1. The summed E-state index contributed by atoms with van der Waals surface area (Å²) >= 11 is 1.42. The number of ether oxygens (including phenoxy) is 1. The first-order chi connectivity index (χ1) is 12.8. The highest BCUT2D eigenvalue weighted by Gasteiger charge is 2.13. The molecule has 0 bridgehead atoms. The summed E-state index contributed by atoms with van der Waals surface area (Å²) in [7, 11) is 1.67. The molecule has 6 nitrogen and oxygen atoms in total. The van der Waals surface area contributed by atoms with Gasteiger partial charge in [-0.25, -0.2) is 9.97 Å². The minimum atomic E-state index is 0.00392. The lowest BCUT2D eigenvalue weighted by atomic mass is 10.1. The molecule has 26 heavy (non-hydrogen) atoms. The molecule has 7 heteroatoms. The van der Waals surface area contributed by atoms with Crippen LogP contribution in [0.4, 0.5) is 0 Å². The van der Waals surface area contributed by atoms with E-state index >= 15 is 0 Å². The monoisotopic (exact) mass is 370 g/mol. The van der Waals surface area contributed by atoms with E-state index in [4.69, 9.17) is 4.74 Å². The molecule has 1 N–H and O–H groups in total. The van der Waals surface area contributed by atoms with E-state index in [1.807, 2.05) is 34.9 Å². The molecule has 2 heterocycles. The summed E-state index contributed by atoms with van der Waals surface area (Å²) in [4.78, 5) is 21.1. The fourth-order valence-corrected chi connectivity index (χ4v) is 3.46. The number of thioether (sulfide) groups is 1. The van der Waals surface area contributed by atoms with Crippen LogP contribution in [0.5, 0.6) is 0 Å². The van der Waals surface area contributed by atoms with Crippen molar-refractivity contribution in [3.63, 3.8) is 0 Å². The molecule has 2 aromatic heterocycles. The minimum absolute atomic E-state index is 0.00392. The van der Waals surface area contributed by atoms with Gasteiger partial charge >= 0.3 is 0 Å². The Morgan fingerprint density at radius 3 is 2.88 bits per heavy atom. The third-order valence-corrected chi connectivity index (χ3v) is 4.88. The highest BCUT2D eigenvalue weighted by Crippen LogP contribution is 2.22. The normalized spacial score (nSPS) is 11.0. The number of nitrogens with one attached hydrogen (secondary N) is 1. The van der Waals surface area contributed by atoms with Crippen LogP contribution in [0.2, 0.25) is 0 Å². The third-order valence-electron chi connectivity index (χ3n) is 3.90. The maximum Gasteiger partial charge on any atom is 0.230 e. The fourth-order valence-electron chi connectivity index (χ4n) is 2.60. The van der Waals surface area contributed by atoms with Gasteiger partial charge in [-0.05, 0) is 24.1 Å². The highest BCUT2D eigenvalue weighted by atomic mass is 32.2. The Hall–Kier alpha value is -2.38. The molecular formula is C19H22N4O2S. The van der Waals surface area contributed by atoms with Gasteiger partial charge in [0.05, 0.1) is 18.9 Å². The average molecular weight is 370 g/mol. The summed E-state index contributed by atoms with van der Waals surface area (Å²) in [5.41, 5.74) is 2.86. The molecule has 0 radical (unpaired) electrons. The Labute approximate surface area is 157 Å². The van der Waals surface area contributed by atoms with Gasteiger partial charge in [0.1, 0.15) is 5.52 Å². The van der Waals surface area contributed by atoms with Crippen LogP contribution >= 0.6 is 11.8 Å². The quantitative estimate of drug-likeness (QED) is 0.586. The Morgan fingerprint density at radius 2 is 2.08 bits per heavy atom. The Kier molecular flexibility index (Phi) is 6.62. The van der Waals surface area contributed by atoms with Crippen molar-refractivity contribution in [1.29, 1.82) is 0 Å². The number of fused-ring (bicyclic) bond motifs is 1. The SMILES string of the molecule is COCCn1c(SCC(=O)NCCc2ccccc2)nc2cccnc21. The first-order valence-electron chi connectivity index (χ1n) is 8.51. The number of imidazole rings is 1. The van der Waals surface area contributed by atoms with E-state index in [0.717, 1.165) is 22.7 Å². The number of pyridine rings is 1. The number of benzene rings is 1. The largest absolute Gasteiger partial charge is 0.383 e. The van der Waals surface area contributed by atoms with Gasteiger partial charge < -0.3 is 14.6 Å². The second kappa shape index (κ2) is 9.35. The second-order valence-corrected chi connectivity index (χ2v) is 6.70. The molecule has 0 fully saturated rings. The summed E-state index contributed by atoms with van der Waals surface area (Å²) in [6, 6.07) is 13.9. The molecule has 0 unspecified atom stereocenters. The molecule has 1 amide bonds. The highest BCUT2D eigenvalue weighted by molar-refractivity contribution is 7.99. The number of aromatic nitrogens is 3. The molecule has 3 aromatic rings. The molecule has 1 aromatic carbocycles. The van der Waals surface area contributed by atoms with E-state index in [-0.39, 0.29) is 5.91 Å². The number of methoxy groups -OCH3 is 1. The third kappa shape index (κ3) is 4.83. The van der Waals surface area contributed by atoms with Crippen LogP contribution in [-0.4, -0.2) is 46.5 Å². The van der Waals surface area contributed by atoms with E-state index < -0.39 is 0 Å². The van der Waals surface area contributed by atoms with E-state index in [1.54, 1.807) is 13.3 Å². The Balaban J connectivity index is 1.55. The van der Waals surface area contributed by atoms with Gasteiger partial charge in [-0.2, -0.15) is 0 Å². The van der Waals surface area contributed by atoms with Crippen LogP contribution < -0.4 is 5.32 Å². The summed E-state index contributed by atoms with van der Waals surface area (Å²) in [6.45, 7) is 1.85. The first kappa shape index (κ1) is 18.4. The van der Waals surface area contributed by atoms with Crippen molar-refractivity contribution in [2.75, 3.05) is 26.0 Å². The van der Waals surface area contributed by atoms with Gasteiger partial charge in [-0.1, -0.05) is 42.1 Å². The van der Waals surface area contributed by atoms with Crippen molar-refractivity contribution in [3.05, 3.63) is 54.2 Å². The van der Waals surface area contributed by atoms with Crippen LogP contribution in [0, 0.1) is 0 Å². The van der Waals surface area contributed by atoms with Gasteiger partial charge in [0.15, 0.2) is 10.8 Å². The van der Waals surface area contributed by atoms with Crippen LogP contribution in [0.15, 0.2) is 53.8 Å². The van der Waals surface area contributed by atoms with Gasteiger partial charge in [-0.3, -0.25) is 4.79 Å². The van der Waals surface area contributed by atoms with Crippen molar-refractivity contribution in [1.82, 2.24) is 19.9 Å². The number of carbonyl (C=O) groups excluding carboxylic acids is 1. The number of rotatable bonds is 9. The molecule has 0 aliphatic rings. The molecule has 0 aliphatic carbocycles. The van der Waals surface area contributed by atoms with Crippen molar-refractivity contribution < 1.29 is 9.53 Å². The van der Waals surface area contributed by atoms with Crippen LogP contribution in [0.1, 0.15) is 5.56 Å². The van der Waals surface area contributed by atoms with Gasteiger partial charge in [0.25, 0.3) is 0 Å². The van der Waals surface area contributed by atoms with E-state index in [2.05, 4.69) is 27.4 Å². The lowest BCUT2D eigenvalue weighted by Gasteiger charge is -2.08. The van der Waals surface area contributed by atoms with Crippen LogP contribution in [0.3, 0.4) is 0 Å². The number of carbonyl (C=O) groups is 1. The van der Waals surface area contributed by atoms with Crippen LogP contribution in [-0.2, 0) is 22.5 Å². The standard InChI is InChI=1S/C19H22N4O2S/c1-25-13-12-23-18-16(8-5-10-21-18)22-19(23)26-14-17(24)20-11-9-15-6-3-2-4-7-15/h2-8,10H,9,11-14H2,1H3,(H,20,24). The second-order valence-electron chi connectivity index (χ2n) is 5.76. The maximum atomic E-state index is 12.1.